The van der Waals surface area contributed by atoms with Crippen LogP contribution in [0, 0.1) is 11.3 Å². The van der Waals surface area contributed by atoms with Gasteiger partial charge in [-0.2, -0.15) is 10.2 Å². The Bertz CT molecular complexity index is 1440. The largest absolute Gasteiger partial charge is 0.420 e. The van der Waals surface area contributed by atoms with Crippen molar-refractivity contribution in [2.75, 3.05) is 31.1 Å². The summed E-state index contributed by atoms with van der Waals surface area (Å²) in [5.41, 5.74) is 2.11. The Morgan fingerprint density at radius 2 is 1.74 bits per heavy atom. The smallest absolute Gasteiger partial charge is 0.235 e. The molecule has 35 heavy (non-hydrogen) atoms. The van der Waals surface area contributed by atoms with Crippen molar-refractivity contribution >= 4 is 46.3 Å². The van der Waals surface area contributed by atoms with Gasteiger partial charge >= 0.3 is 0 Å². The van der Waals surface area contributed by atoms with Crippen LogP contribution in [0.15, 0.2) is 71.1 Å². The number of carbonyl (C=O) groups excluding carboxylic acids is 1. The van der Waals surface area contributed by atoms with Crippen LogP contribution in [0.2, 0.25) is 5.02 Å². The minimum Gasteiger partial charge on any atom is -0.420 e. The number of aromatic nitrogens is 1. The van der Waals surface area contributed by atoms with Crippen molar-refractivity contribution in [1.82, 2.24) is 9.88 Å². The van der Waals surface area contributed by atoms with Crippen LogP contribution in [0.1, 0.15) is 22.7 Å². The topological polar surface area (TPSA) is 73.4 Å². The number of piperazine rings is 1. The van der Waals surface area contributed by atoms with E-state index in [9.17, 15) is 10.1 Å². The van der Waals surface area contributed by atoms with Crippen LogP contribution in [-0.2, 0) is 11.2 Å². The Balaban J connectivity index is 1.25. The molecule has 0 saturated carbocycles. The van der Waals surface area contributed by atoms with Gasteiger partial charge in [-0.1, -0.05) is 72.3 Å². The SMILES string of the molecule is N#Cc1nc(C=Cc2ccccc2Cl)oc1N1CCN(C(=O)Cc2cccc3ccccc23)CC1. The number of hydrogen-bond acceptors (Lipinski definition) is 5. The van der Waals surface area contributed by atoms with Crippen LogP contribution in [0.4, 0.5) is 5.88 Å². The molecule has 5 rings (SSSR count). The molecule has 1 aliphatic heterocycles. The first-order chi connectivity index (χ1) is 17.1. The number of oxazole rings is 1. The number of hydrogen-bond donors (Lipinski definition) is 0. The van der Waals surface area contributed by atoms with Crippen molar-refractivity contribution in [2.24, 2.45) is 0 Å². The fourth-order valence-electron chi connectivity index (χ4n) is 4.34. The van der Waals surface area contributed by atoms with Gasteiger partial charge in [0, 0.05) is 37.3 Å². The molecule has 1 saturated heterocycles. The van der Waals surface area contributed by atoms with Crippen LogP contribution in [0.3, 0.4) is 0 Å². The summed E-state index contributed by atoms with van der Waals surface area (Å²) < 4.78 is 5.91. The number of anilines is 1. The second kappa shape index (κ2) is 10.0. The molecule has 0 unspecified atom stereocenters. The fourth-order valence-corrected chi connectivity index (χ4v) is 4.54. The zero-order chi connectivity index (χ0) is 24.2. The van der Waals surface area contributed by atoms with Gasteiger partial charge in [-0.15, -0.1) is 0 Å². The normalized spacial score (nSPS) is 13.9. The highest BCUT2D eigenvalue weighted by molar-refractivity contribution is 6.32. The molecule has 0 aliphatic carbocycles. The summed E-state index contributed by atoms with van der Waals surface area (Å²) in [6.45, 7) is 2.25. The van der Waals surface area contributed by atoms with Crippen molar-refractivity contribution < 1.29 is 9.21 Å². The highest BCUT2D eigenvalue weighted by atomic mass is 35.5. The quantitative estimate of drug-likeness (QED) is 0.380. The predicted octanol–water partition coefficient (Wildman–Crippen LogP) is 5.41. The Morgan fingerprint density at radius 3 is 2.54 bits per heavy atom. The average Bonchev–Trinajstić information content (AvgIpc) is 3.32. The second-order valence-corrected chi connectivity index (χ2v) is 8.76. The molecule has 3 aromatic carbocycles. The lowest BCUT2D eigenvalue weighted by molar-refractivity contribution is -0.130. The second-order valence-electron chi connectivity index (χ2n) is 8.36. The van der Waals surface area contributed by atoms with Gasteiger partial charge in [0.1, 0.15) is 6.07 Å². The summed E-state index contributed by atoms with van der Waals surface area (Å²) in [6.07, 6.45) is 3.88. The Hall–Kier alpha value is -4.08. The molecule has 2 heterocycles. The number of rotatable bonds is 5. The van der Waals surface area contributed by atoms with Crippen LogP contribution in [0.25, 0.3) is 22.9 Å². The maximum atomic E-state index is 13.0. The number of benzene rings is 3. The minimum atomic E-state index is 0.0995. The van der Waals surface area contributed by atoms with E-state index in [1.54, 1.807) is 6.08 Å². The van der Waals surface area contributed by atoms with E-state index in [1.807, 2.05) is 64.4 Å². The molecule has 0 atom stereocenters. The standard InChI is InChI=1S/C28H23ClN4O2/c29-24-11-4-2-7-21(24)12-13-26-31-25(19-30)28(35-26)33-16-14-32(15-17-33)27(34)18-22-9-5-8-20-6-1-3-10-23(20)22/h1-13H,14-18H2. The van der Waals surface area contributed by atoms with Crippen LogP contribution < -0.4 is 4.90 Å². The van der Waals surface area contributed by atoms with E-state index in [4.69, 9.17) is 16.0 Å². The molecule has 0 bridgehead atoms. The Morgan fingerprint density at radius 1 is 1.00 bits per heavy atom. The molecule has 1 fully saturated rings. The first-order valence-corrected chi connectivity index (χ1v) is 11.8. The van der Waals surface area contributed by atoms with Crippen molar-refractivity contribution in [3.8, 4) is 6.07 Å². The highest BCUT2D eigenvalue weighted by Crippen LogP contribution is 2.26. The summed E-state index contributed by atoms with van der Waals surface area (Å²) >= 11 is 6.20. The first kappa shape index (κ1) is 22.7. The maximum Gasteiger partial charge on any atom is 0.235 e. The van der Waals surface area contributed by atoms with Gasteiger partial charge in [0.15, 0.2) is 0 Å². The molecule has 1 aromatic heterocycles. The summed E-state index contributed by atoms with van der Waals surface area (Å²) in [5.74, 6) is 0.876. The van der Waals surface area contributed by atoms with Crippen molar-refractivity contribution in [3.05, 3.63) is 94.5 Å². The van der Waals surface area contributed by atoms with Crippen molar-refractivity contribution in [3.63, 3.8) is 0 Å². The number of carbonyl (C=O) groups is 1. The van der Waals surface area contributed by atoms with Gasteiger partial charge in [-0.25, -0.2) is 0 Å². The van der Waals surface area contributed by atoms with E-state index in [-0.39, 0.29) is 11.6 Å². The van der Waals surface area contributed by atoms with Gasteiger partial charge < -0.3 is 14.2 Å². The van der Waals surface area contributed by atoms with E-state index in [0.717, 1.165) is 21.9 Å². The van der Waals surface area contributed by atoms with E-state index >= 15 is 0 Å². The molecule has 0 radical (unpaired) electrons. The summed E-state index contributed by atoms with van der Waals surface area (Å²) in [6, 6.07) is 23.8. The molecule has 4 aromatic rings. The lowest BCUT2D eigenvalue weighted by Crippen LogP contribution is -2.49. The third-order valence-corrected chi connectivity index (χ3v) is 6.53. The lowest BCUT2D eigenvalue weighted by Gasteiger charge is -2.34. The van der Waals surface area contributed by atoms with Crippen LogP contribution in [0.5, 0.6) is 0 Å². The summed E-state index contributed by atoms with van der Waals surface area (Å²) in [4.78, 5) is 21.2. The van der Waals surface area contributed by atoms with Crippen molar-refractivity contribution in [2.45, 2.75) is 6.42 Å². The molecule has 0 spiro atoms. The third kappa shape index (κ3) is 4.91. The third-order valence-electron chi connectivity index (χ3n) is 6.18. The number of nitriles is 1. The van der Waals surface area contributed by atoms with Gasteiger partial charge in [0.25, 0.3) is 0 Å². The van der Waals surface area contributed by atoms with Gasteiger partial charge in [-0.3, -0.25) is 4.79 Å². The Kier molecular flexibility index (Phi) is 6.51. The van der Waals surface area contributed by atoms with Gasteiger partial charge in [0.05, 0.1) is 6.42 Å². The van der Waals surface area contributed by atoms with E-state index in [2.05, 4.69) is 29.3 Å². The molecular formula is C28H23ClN4O2. The molecule has 174 valence electrons. The molecular weight excluding hydrogens is 460 g/mol. The minimum absolute atomic E-state index is 0.0995. The lowest BCUT2D eigenvalue weighted by atomic mass is 10.0. The van der Waals surface area contributed by atoms with E-state index in [1.165, 1.54) is 0 Å². The molecule has 6 nitrogen and oxygen atoms in total. The number of fused-ring (bicyclic) bond motifs is 1. The highest BCUT2D eigenvalue weighted by Gasteiger charge is 2.26. The maximum absolute atomic E-state index is 13.0. The average molecular weight is 483 g/mol. The Labute approximate surface area is 208 Å². The van der Waals surface area contributed by atoms with Crippen molar-refractivity contribution in [1.29, 1.82) is 5.26 Å². The van der Waals surface area contributed by atoms with Crippen LogP contribution >= 0.6 is 11.6 Å². The van der Waals surface area contributed by atoms with Gasteiger partial charge in [-0.05, 0) is 34.0 Å². The number of nitrogens with zero attached hydrogens (tertiary/aromatic N) is 4. The number of amides is 1. The zero-order valence-corrected chi connectivity index (χ0v) is 19.8. The summed E-state index contributed by atoms with van der Waals surface area (Å²) in [7, 11) is 0. The van der Waals surface area contributed by atoms with E-state index < -0.39 is 0 Å². The molecule has 1 amide bonds. The summed E-state index contributed by atoms with van der Waals surface area (Å²) in [5, 5.41) is 12.4. The monoisotopic (exact) mass is 482 g/mol. The van der Waals surface area contributed by atoms with Crippen LogP contribution in [-0.4, -0.2) is 42.0 Å². The first-order valence-electron chi connectivity index (χ1n) is 11.5. The molecule has 1 aliphatic rings. The molecule has 0 N–H and O–H groups in total. The predicted molar refractivity (Wildman–Crippen MR) is 138 cm³/mol. The van der Waals surface area contributed by atoms with Gasteiger partial charge in [0.2, 0.25) is 23.4 Å². The zero-order valence-electron chi connectivity index (χ0n) is 19.0. The van der Waals surface area contributed by atoms with E-state index in [0.29, 0.717) is 49.4 Å². The fraction of sp³-hybridized carbons (Fsp3) is 0.179. The molecule has 7 heteroatoms. The number of halogens is 1.